The van der Waals surface area contributed by atoms with Gasteiger partial charge in [0.15, 0.2) is 0 Å². The Morgan fingerprint density at radius 1 is 1.25 bits per heavy atom. The third-order valence-electron chi connectivity index (χ3n) is 3.19. The quantitative estimate of drug-likeness (QED) is 0.531. The van der Waals surface area contributed by atoms with Crippen LogP contribution in [0.25, 0.3) is 0 Å². The minimum atomic E-state index is -0.498. The maximum absolute atomic E-state index is 11.8. The molecule has 0 aliphatic carbocycles. The summed E-state index contributed by atoms with van der Waals surface area (Å²) in [5.74, 6) is -0.395. The van der Waals surface area contributed by atoms with E-state index in [4.69, 9.17) is 0 Å². The lowest BCUT2D eigenvalue weighted by Crippen LogP contribution is -2.35. The van der Waals surface area contributed by atoms with Crippen molar-refractivity contribution >= 4 is 17.8 Å². The first-order chi connectivity index (χ1) is 7.66. The first-order valence-electron chi connectivity index (χ1n) is 5.84. The van der Waals surface area contributed by atoms with Crippen molar-refractivity contribution in [2.75, 3.05) is 6.54 Å². The van der Waals surface area contributed by atoms with Gasteiger partial charge in [-0.15, -0.1) is 0 Å². The zero-order valence-electron chi connectivity index (χ0n) is 9.44. The van der Waals surface area contributed by atoms with Crippen LogP contribution in [-0.4, -0.2) is 40.2 Å². The number of amides is 4. The van der Waals surface area contributed by atoms with E-state index in [0.29, 0.717) is 19.4 Å². The lowest BCUT2D eigenvalue weighted by Gasteiger charge is -2.14. The van der Waals surface area contributed by atoms with Crippen LogP contribution < -0.4 is 0 Å². The summed E-state index contributed by atoms with van der Waals surface area (Å²) in [6.07, 6.45) is 3.68. The van der Waals surface area contributed by atoms with E-state index < -0.39 is 12.1 Å². The van der Waals surface area contributed by atoms with E-state index in [-0.39, 0.29) is 11.8 Å². The Balaban J connectivity index is 2.03. The van der Waals surface area contributed by atoms with Gasteiger partial charge in [0.05, 0.1) is 0 Å². The standard InChI is InChI=1S/C11H16N2O3/c1-2-3-4-7-12-10(15)8-5-6-9(14)13(8)11(12)16/h8H,2-7H2,1H3. The van der Waals surface area contributed by atoms with E-state index in [1.165, 1.54) is 4.90 Å². The van der Waals surface area contributed by atoms with E-state index in [1.807, 2.05) is 0 Å². The zero-order chi connectivity index (χ0) is 11.7. The Labute approximate surface area is 94.4 Å². The Morgan fingerprint density at radius 3 is 2.62 bits per heavy atom. The SMILES string of the molecule is CCCCCN1C(=O)C2CCC(=O)N2C1=O. The Morgan fingerprint density at radius 2 is 2.00 bits per heavy atom. The lowest BCUT2D eigenvalue weighted by atomic mass is 10.2. The van der Waals surface area contributed by atoms with Crippen LogP contribution >= 0.6 is 0 Å². The summed E-state index contributed by atoms with van der Waals surface area (Å²) in [6.45, 7) is 2.52. The third-order valence-corrected chi connectivity index (χ3v) is 3.19. The summed E-state index contributed by atoms with van der Waals surface area (Å²) in [7, 11) is 0. The number of hydrogen-bond donors (Lipinski definition) is 0. The third kappa shape index (κ3) is 1.60. The molecule has 2 aliphatic rings. The number of hydrogen-bond acceptors (Lipinski definition) is 3. The molecule has 0 aromatic carbocycles. The summed E-state index contributed by atoms with van der Waals surface area (Å²) < 4.78 is 0. The average molecular weight is 224 g/mol. The smallest absolute Gasteiger partial charge is 0.274 e. The molecule has 2 fully saturated rings. The van der Waals surface area contributed by atoms with Gasteiger partial charge in [0, 0.05) is 13.0 Å². The normalized spacial score (nSPS) is 24.6. The van der Waals surface area contributed by atoms with Crippen LogP contribution in [0.2, 0.25) is 0 Å². The van der Waals surface area contributed by atoms with Crippen molar-refractivity contribution in [3.63, 3.8) is 0 Å². The number of carbonyl (C=O) groups excluding carboxylic acids is 3. The Hall–Kier alpha value is -1.39. The fourth-order valence-electron chi connectivity index (χ4n) is 2.29. The van der Waals surface area contributed by atoms with Gasteiger partial charge in [0.25, 0.3) is 5.91 Å². The van der Waals surface area contributed by atoms with Gasteiger partial charge in [0.2, 0.25) is 5.91 Å². The molecule has 88 valence electrons. The first-order valence-corrected chi connectivity index (χ1v) is 5.84. The number of unbranched alkanes of at least 4 members (excludes halogenated alkanes) is 2. The van der Waals surface area contributed by atoms with Crippen LogP contribution in [-0.2, 0) is 9.59 Å². The minimum Gasteiger partial charge on any atom is -0.274 e. The number of nitrogens with zero attached hydrogens (tertiary/aromatic N) is 2. The van der Waals surface area contributed by atoms with Gasteiger partial charge in [0.1, 0.15) is 6.04 Å². The fourth-order valence-corrected chi connectivity index (χ4v) is 2.29. The van der Waals surface area contributed by atoms with E-state index in [0.717, 1.165) is 24.2 Å². The van der Waals surface area contributed by atoms with E-state index in [2.05, 4.69) is 6.92 Å². The van der Waals surface area contributed by atoms with E-state index in [9.17, 15) is 14.4 Å². The fraction of sp³-hybridized carbons (Fsp3) is 0.727. The molecule has 5 nitrogen and oxygen atoms in total. The zero-order valence-corrected chi connectivity index (χ0v) is 9.44. The Kier molecular flexibility index (Phi) is 2.94. The molecule has 4 amide bonds. The van der Waals surface area contributed by atoms with Gasteiger partial charge in [-0.3, -0.25) is 19.4 Å². The number of urea groups is 1. The van der Waals surface area contributed by atoms with Gasteiger partial charge in [-0.2, -0.15) is 0 Å². The highest BCUT2D eigenvalue weighted by molar-refractivity contribution is 6.13. The van der Waals surface area contributed by atoms with Crippen molar-refractivity contribution in [2.45, 2.75) is 45.1 Å². The molecule has 2 saturated heterocycles. The molecule has 0 aromatic heterocycles. The van der Waals surface area contributed by atoms with Crippen LogP contribution in [0, 0.1) is 0 Å². The number of carbonyl (C=O) groups is 3. The molecule has 2 rings (SSSR count). The molecular weight excluding hydrogens is 208 g/mol. The van der Waals surface area contributed by atoms with Crippen LogP contribution in [0.4, 0.5) is 4.79 Å². The topological polar surface area (TPSA) is 57.7 Å². The number of imide groups is 2. The predicted octanol–water partition coefficient (Wildman–Crippen LogP) is 1.13. The number of rotatable bonds is 4. The summed E-state index contributed by atoms with van der Waals surface area (Å²) in [5, 5.41) is 0. The molecule has 1 atom stereocenters. The van der Waals surface area contributed by atoms with Gasteiger partial charge in [-0.1, -0.05) is 19.8 Å². The summed E-state index contributed by atoms with van der Waals surface area (Å²) in [6, 6.07) is -0.907. The van der Waals surface area contributed by atoms with Crippen molar-refractivity contribution in [1.82, 2.24) is 9.80 Å². The van der Waals surface area contributed by atoms with Crippen molar-refractivity contribution in [1.29, 1.82) is 0 Å². The van der Waals surface area contributed by atoms with Gasteiger partial charge < -0.3 is 0 Å². The molecule has 0 N–H and O–H groups in total. The second-order valence-corrected chi connectivity index (χ2v) is 4.30. The molecule has 0 radical (unpaired) electrons. The minimum absolute atomic E-state index is 0.188. The monoisotopic (exact) mass is 224 g/mol. The molecule has 0 saturated carbocycles. The van der Waals surface area contributed by atoms with Gasteiger partial charge in [-0.05, 0) is 12.8 Å². The Bertz CT molecular complexity index is 340. The van der Waals surface area contributed by atoms with Crippen molar-refractivity contribution in [3.8, 4) is 0 Å². The molecule has 2 aliphatic heterocycles. The highest BCUT2D eigenvalue weighted by atomic mass is 16.2. The van der Waals surface area contributed by atoms with Gasteiger partial charge >= 0.3 is 6.03 Å². The second-order valence-electron chi connectivity index (χ2n) is 4.30. The maximum Gasteiger partial charge on any atom is 0.334 e. The lowest BCUT2D eigenvalue weighted by molar-refractivity contribution is -0.130. The molecule has 5 heteroatoms. The molecule has 1 unspecified atom stereocenters. The molecule has 16 heavy (non-hydrogen) atoms. The van der Waals surface area contributed by atoms with Crippen molar-refractivity contribution in [2.24, 2.45) is 0 Å². The summed E-state index contributed by atoms with van der Waals surface area (Å²) in [5.41, 5.74) is 0. The first kappa shape index (κ1) is 11.1. The van der Waals surface area contributed by atoms with Crippen LogP contribution in [0.5, 0.6) is 0 Å². The largest absolute Gasteiger partial charge is 0.334 e. The average Bonchev–Trinajstić information content (AvgIpc) is 2.74. The summed E-state index contributed by atoms with van der Waals surface area (Å²) in [4.78, 5) is 37.4. The summed E-state index contributed by atoms with van der Waals surface area (Å²) >= 11 is 0. The number of fused-ring (bicyclic) bond motifs is 1. The maximum atomic E-state index is 11.8. The van der Waals surface area contributed by atoms with E-state index >= 15 is 0 Å². The highest BCUT2D eigenvalue weighted by Gasteiger charge is 2.51. The van der Waals surface area contributed by atoms with Gasteiger partial charge in [-0.25, -0.2) is 4.79 Å². The predicted molar refractivity (Wildman–Crippen MR) is 56.5 cm³/mol. The van der Waals surface area contributed by atoms with E-state index in [1.54, 1.807) is 0 Å². The molecule has 0 spiro atoms. The molecule has 0 aromatic rings. The van der Waals surface area contributed by atoms with Crippen molar-refractivity contribution in [3.05, 3.63) is 0 Å². The molecule has 2 heterocycles. The molecular formula is C11H16N2O3. The van der Waals surface area contributed by atoms with Crippen LogP contribution in [0.3, 0.4) is 0 Å². The second kappa shape index (κ2) is 4.23. The van der Waals surface area contributed by atoms with Crippen LogP contribution in [0.15, 0.2) is 0 Å². The van der Waals surface area contributed by atoms with Crippen LogP contribution in [0.1, 0.15) is 39.0 Å². The molecule has 0 bridgehead atoms. The highest BCUT2D eigenvalue weighted by Crippen LogP contribution is 2.28. The van der Waals surface area contributed by atoms with Crippen molar-refractivity contribution < 1.29 is 14.4 Å².